The summed E-state index contributed by atoms with van der Waals surface area (Å²) in [5.74, 6) is 0. The monoisotopic (exact) mass is 718 g/mol. The van der Waals surface area contributed by atoms with Gasteiger partial charge in [0, 0.05) is 66.4 Å². The van der Waals surface area contributed by atoms with E-state index in [1.54, 1.807) is 0 Å². The van der Waals surface area contributed by atoms with Crippen LogP contribution in [0, 0.1) is 0 Å². The maximum absolute atomic E-state index is 13.9. The van der Waals surface area contributed by atoms with Gasteiger partial charge in [-0.2, -0.15) is 0 Å². The fourth-order valence-corrected chi connectivity index (χ4v) is 8.74. The van der Waals surface area contributed by atoms with Crippen LogP contribution in [0.2, 0.25) is 0 Å². The van der Waals surface area contributed by atoms with Crippen molar-refractivity contribution in [3.05, 3.63) is 99.0 Å². The van der Waals surface area contributed by atoms with Gasteiger partial charge in [0.25, 0.3) is 0 Å². The molecule has 0 aliphatic heterocycles. The molecule has 0 bridgehead atoms. The van der Waals surface area contributed by atoms with Crippen LogP contribution in [0.3, 0.4) is 0 Å². The number of fused-ring (bicyclic) bond motifs is 4. The number of halogens is 4. The van der Waals surface area contributed by atoms with Crippen molar-refractivity contribution in [1.82, 2.24) is 0 Å². The maximum Gasteiger partial charge on any atom is 0.195 e. The highest BCUT2D eigenvalue weighted by atomic mass is 79.9. The molecular formula is C30H10Br4O2. The molecule has 0 saturated carbocycles. The molecule has 0 aliphatic rings. The highest BCUT2D eigenvalue weighted by molar-refractivity contribution is 9.13. The summed E-state index contributed by atoms with van der Waals surface area (Å²) in [5, 5.41) is 12.5. The second-order valence-corrected chi connectivity index (χ2v) is 12.5. The Hall–Kier alpha value is -2.38. The Morgan fingerprint density at radius 2 is 1.08 bits per heavy atom. The summed E-state index contributed by atoms with van der Waals surface area (Å²) in [6.45, 7) is 0. The van der Waals surface area contributed by atoms with Gasteiger partial charge in [-0.3, -0.25) is 9.59 Å². The molecule has 8 aromatic rings. The first kappa shape index (κ1) is 21.7. The number of rotatable bonds is 0. The average molecular weight is 722 g/mol. The van der Waals surface area contributed by atoms with E-state index in [-0.39, 0.29) is 10.9 Å². The zero-order valence-corrected chi connectivity index (χ0v) is 24.4. The first-order chi connectivity index (χ1) is 17.4. The molecule has 0 saturated heterocycles. The van der Waals surface area contributed by atoms with Crippen LogP contribution in [0.4, 0.5) is 0 Å². The van der Waals surface area contributed by atoms with Crippen LogP contribution in [-0.4, -0.2) is 0 Å². The predicted molar refractivity (Wildman–Crippen MR) is 166 cm³/mol. The third-order valence-electron chi connectivity index (χ3n) is 7.56. The fraction of sp³-hybridized carbons (Fsp3) is 0. The number of hydrogen-bond acceptors (Lipinski definition) is 2. The average Bonchev–Trinajstić information content (AvgIpc) is 2.88. The molecule has 0 heterocycles. The van der Waals surface area contributed by atoms with Crippen LogP contribution in [0.1, 0.15) is 0 Å². The Morgan fingerprint density at radius 3 is 1.89 bits per heavy atom. The highest BCUT2D eigenvalue weighted by Gasteiger charge is 2.27. The summed E-state index contributed by atoms with van der Waals surface area (Å²) in [7, 11) is 0. The topological polar surface area (TPSA) is 34.1 Å². The second kappa shape index (κ2) is 7.13. The predicted octanol–water partition coefficient (Wildman–Crippen LogP) is 9.84. The van der Waals surface area contributed by atoms with Gasteiger partial charge in [-0.25, -0.2) is 0 Å². The molecule has 8 rings (SSSR count). The molecule has 36 heavy (non-hydrogen) atoms. The third-order valence-corrected chi connectivity index (χ3v) is 11.0. The van der Waals surface area contributed by atoms with Crippen molar-refractivity contribution in [3.8, 4) is 0 Å². The van der Waals surface area contributed by atoms with Gasteiger partial charge in [0.1, 0.15) is 0 Å². The molecule has 8 aromatic carbocycles. The Bertz CT molecular complexity index is 2400. The highest BCUT2D eigenvalue weighted by Crippen LogP contribution is 2.52. The van der Waals surface area contributed by atoms with Crippen molar-refractivity contribution in [2.45, 2.75) is 0 Å². The first-order valence-electron chi connectivity index (χ1n) is 11.2. The van der Waals surface area contributed by atoms with E-state index in [0.717, 1.165) is 71.8 Å². The Labute approximate surface area is 236 Å². The molecule has 2 nitrogen and oxygen atoms in total. The van der Waals surface area contributed by atoms with Crippen molar-refractivity contribution < 1.29 is 0 Å². The van der Waals surface area contributed by atoms with Crippen molar-refractivity contribution >= 4 is 139 Å². The van der Waals surface area contributed by atoms with Crippen LogP contribution in [0.15, 0.2) is 88.1 Å². The van der Waals surface area contributed by atoms with Gasteiger partial charge in [-0.05, 0) is 105 Å². The Morgan fingerprint density at radius 1 is 0.417 bits per heavy atom. The third kappa shape index (κ3) is 2.42. The summed E-state index contributed by atoms with van der Waals surface area (Å²) in [6.07, 6.45) is 0. The van der Waals surface area contributed by atoms with Crippen LogP contribution < -0.4 is 10.9 Å². The van der Waals surface area contributed by atoms with E-state index < -0.39 is 0 Å². The van der Waals surface area contributed by atoms with Crippen LogP contribution in [0.5, 0.6) is 0 Å². The van der Waals surface area contributed by atoms with Gasteiger partial charge < -0.3 is 0 Å². The molecule has 0 fully saturated rings. The van der Waals surface area contributed by atoms with E-state index in [2.05, 4.69) is 69.8 Å². The summed E-state index contributed by atoms with van der Waals surface area (Å²) in [5.41, 5.74) is 0.0154. The van der Waals surface area contributed by atoms with Gasteiger partial charge in [-0.1, -0.05) is 46.3 Å². The number of hydrogen-bond donors (Lipinski definition) is 0. The minimum atomic E-state index is -0.0133. The molecule has 0 N–H and O–H groups in total. The van der Waals surface area contributed by atoms with Gasteiger partial charge >= 0.3 is 0 Å². The van der Waals surface area contributed by atoms with E-state index in [4.69, 9.17) is 0 Å². The Balaban J connectivity index is 1.86. The Kier molecular flexibility index (Phi) is 4.30. The summed E-state index contributed by atoms with van der Waals surface area (Å²) in [6, 6.07) is 19.8. The van der Waals surface area contributed by atoms with Crippen molar-refractivity contribution in [3.63, 3.8) is 0 Å². The van der Waals surface area contributed by atoms with Crippen molar-refractivity contribution in [2.75, 3.05) is 0 Å². The van der Waals surface area contributed by atoms with E-state index >= 15 is 0 Å². The van der Waals surface area contributed by atoms with E-state index in [1.807, 2.05) is 54.6 Å². The molecule has 0 unspecified atom stereocenters. The molecule has 0 atom stereocenters. The minimum Gasteiger partial charge on any atom is -0.289 e. The normalized spacial score (nSPS) is 12.7. The molecule has 0 amide bonds. The zero-order chi connectivity index (χ0) is 24.6. The van der Waals surface area contributed by atoms with Crippen molar-refractivity contribution in [1.29, 1.82) is 0 Å². The molecule has 0 spiro atoms. The lowest BCUT2D eigenvalue weighted by Gasteiger charge is -2.22. The van der Waals surface area contributed by atoms with Gasteiger partial charge in [0.15, 0.2) is 10.9 Å². The van der Waals surface area contributed by atoms with E-state index in [0.29, 0.717) is 21.5 Å². The van der Waals surface area contributed by atoms with E-state index in [1.165, 1.54) is 0 Å². The van der Waals surface area contributed by atoms with Crippen molar-refractivity contribution in [2.24, 2.45) is 0 Å². The van der Waals surface area contributed by atoms with Gasteiger partial charge in [0.05, 0.1) is 0 Å². The smallest absolute Gasteiger partial charge is 0.195 e. The lowest BCUT2D eigenvalue weighted by molar-refractivity contribution is 1.66. The summed E-state index contributed by atoms with van der Waals surface area (Å²) < 4.78 is 3.39. The van der Waals surface area contributed by atoms with E-state index in [9.17, 15) is 9.59 Å². The van der Waals surface area contributed by atoms with Gasteiger partial charge in [-0.15, -0.1) is 0 Å². The lowest BCUT2D eigenvalue weighted by atomic mass is 9.84. The SMILES string of the molecule is O=c1c2ccccc2c2c(Br)c3c(Br)c(Br)c4c(=O)c5ccc(Br)cc5c5cc6ccc1c2c6c3c45. The molecule has 0 aromatic heterocycles. The molecule has 0 aliphatic carbocycles. The zero-order valence-electron chi connectivity index (χ0n) is 18.1. The minimum absolute atomic E-state index is 0.0133. The quantitative estimate of drug-likeness (QED) is 0.115. The molecule has 0 radical (unpaired) electrons. The summed E-state index contributed by atoms with van der Waals surface area (Å²) >= 11 is 15.2. The maximum atomic E-state index is 13.9. The largest absolute Gasteiger partial charge is 0.289 e. The molecule has 6 heteroatoms. The fourth-order valence-electron chi connectivity index (χ4n) is 6.13. The first-order valence-corrected chi connectivity index (χ1v) is 14.4. The van der Waals surface area contributed by atoms with Gasteiger partial charge in [0.2, 0.25) is 0 Å². The summed E-state index contributed by atoms with van der Waals surface area (Å²) in [4.78, 5) is 27.5. The molecule has 170 valence electrons. The number of benzene rings is 8. The molecular weight excluding hydrogens is 712 g/mol. The van der Waals surface area contributed by atoms with Crippen LogP contribution in [-0.2, 0) is 0 Å². The lowest BCUT2D eigenvalue weighted by Crippen LogP contribution is -2.07. The standard InChI is InChI=1S/C30H10Br4O2/c31-12-6-8-15-17(10-12)18-9-11-5-7-16-20-19(11)23-21(18)25(30(15)36)28(34)27(33)24(23)26(32)22(20)13-3-1-2-4-14(13)29(16)35/h1-10H. The van der Waals surface area contributed by atoms with Crippen LogP contribution in [0.25, 0.3) is 75.4 Å². The second-order valence-electron chi connectivity index (χ2n) is 9.22. The van der Waals surface area contributed by atoms with Crippen LogP contribution >= 0.6 is 63.7 Å².